The van der Waals surface area contributed by atoms with Crippen molar-refractivity contribution in [3.8, 4) is 5.75 Å². The molecule has 0 saturated carbocycles. The zero-order chi connectivity index (χ0) is 21.8. The number of nitrogens with one attached hydrogen (secondary N) is 1. The Morgan fingerprint density at radius 3 is 2.71 bits per heavy atom. The summed E-state index contributed by atoms with van der Waals surface area (Å²) < 4.78 is 18.6. The Morgan fingerprint density at radius 1 is 1.16 bits per heavy atom. The van der Waals surface area contributed by atoms with Crippen molar-refractivity contribution in [3.05, 3.63) is 59.9 Å². The number of ether oxygens (including phenoxy) is 1. The monoisotopic (exact) mass is 425 g/mol. The van der Waals surface area contributed by atoms with Gasteiger partial charge in [0.2, 0.25) is 5.91 Å². The third-order valence-electron chi connectivity index (χ3n) is 6.74. The van der Waals surface area contributed by atoms with Crippen LogP contribution in [0.25, 0.3) is 0 Å². The van der Waals surface area contributed by atoms with Gasteiger partial charge in [-0.2, -0.15) is 0 Å². The first-order chi connectivity index (χ1) is 15.0. The Bertz CT molecular complexity index is 889. The Balaban J connectivity index is 1.35. The number of amides is 1. The van der Waals surface area contributed by atoms with Crippen molar-refractivity contribution >= 4 is 11.6 Å². The Labute approximate surface area is 184 Å². The van der Waals surface area contributed by atoms with Crippen molar-refractivity contribution in [3.63, 3.8) is 0 Å². The molecule has 4 rings (SSSR count). The smallest absolute Gasteiger partial charge is 0.228 e. The lowest BCUT2D eigenvalue weighted by Gasteiger charge is -2.38. The molecule has 5 nitrogen and oxygen atoms in total. The Morgan fingerprint density at radius 2 is 1.94 bits per heavy atom. The van der Waals surface area contributed by atoms with E-state index >= 15 is 0 Å². The van der Waals surface area contributed by atoms with Crippen LogP contribution in [0.4, 0.5) is 10.1 Å². The van der Waals surface area contributed by atoms with Gasteiger partial charge in [0.25, 0.3) is 0 Å². The van der Waals surface area contributed by atoms with Gasteiger partial charge in [-0.05, 0) is 68.6 Å². The van der Waals surface area contributed by atoms with Crippen LogP contribution in [0.1, 0.15) is 24.8 Å². The molecule has 2 heterocycles. The highest BCUT2D eigenvalue weighted by atomic mass is 19.1. The van der Waals surface area contributed by atoms with Crippen molar-refractivity contribution in [2.24, 2.45) is 11.8 Å². The number of piperidine rings is 1. The number of carbonyl (C=O) groups is 1. The summed E-state index contributed by atoms with van der Waals surface area (Å²) in [4.78, 5) is 17.8. The lowest BCUT2D eigenvalue weighted by Crippen LogP contribution is -2.43. The molecule has 6 heteroatoms. The van der Waals surface area contributed by atoms with Crippen molar-refractivity contribution < 1.29 is 13.9 Å². The third-order valence-corrected chi connectivity index (χ3v) is 6.74. The minimum absolute atomic E-state index is 0.0209. The predicted molar refractivity (Wildman–Crippen MR) is 121 cm³/mol. The van der Waals surface area contributed by atoms with Gasteiger partial charge in [-0.1, -0.05) is 24.3 Å². The molecule has 2 saturated heterocycles. The van der Waals surface area contributed by atoms with Crippen molar-refractivity contribution in [2.75, 3.05) is 39.1 Å². The fraction of sp³-hybridized carbons (Fsp3) is 0.480. The molecule has 2 fully saturated rings. The highest BCUT2D eigenvalue weighted by molar-refractivity contribution is 5.94. The number of likely N-dealkylation sites (tertiary alicyclic amines) is 2. The van der Waals surface area contributed by atoms with Gasteiger partial charge >= 0.3 is 0 Å². The molecule has 1 amide bonds. The van der Waals surface area contributed by atoms with Crippen LogP contribution in [-0.2, 0) is 11.3 Å². The maximum absolute atomic E-state index is 13.2. The summed E-state index contributed by atoms with van der Waals surface area (Å²) in [7, 11) is 3.76. The average molecular weight is 426 g/mol. The molecule has 0 radical (unpaired) electrons. The third kappa shape index (κ3) is 5.25. The van der Waals surface area contributed by atoms with E-state index in [-0.39, 0.29) is 17.6 Å². The number of halogens is 1. The summed E-state index contributed by atoms with van der Waals surface area (Å²) in [5.41, 5.74) is 1.88. The zero-order valence-electron chi connectivity index (χ0n) is 18.4. The first-order valence-corrected chi connectivity index (χ1v) is 11.1. The second kappa shape index (κ2) is 9.79. The molecule has 0 aromatic heterocycles. The molecule has 2 aliphatic heterocycles. The number of anilines is 1. The van der Waals surface area contributed by atoms with Crippen molar-refractivity contribution in [1.82, 2.24) is 9.80 Å². The topological polar surface area (TPSA) is 44.8 Å². The molecule has 0 unspecified atom stereocenters. The van der Waals surface area contributed by atoms with Gasteiger partial charge in [0.1, 0.15) is 11.6 Å². The fourth-order valence-electron chi connectivity index (χ4n) is 5.15. The number of rotatable bonds is 6. The fourth-order valence-corrected chi connectivity index (χ4v) is 5.15. The lowest BCUT2D eigenvalue weighted by molar-refractivity contribution is -0.119. The number of hydrogen-bond donors (Lipinski definition) is 1. The van der Waals surface area contributed by atoms with Crippen LogP contribution in [0.3, 0.4) is 0 Å². The van der Waals surface area contributed by atoms with Crippen molar-refractivity contribution in [1.29, 1.82) is 0 Å². The minimum atomic E-state index is -0.190. The normalized spacial score (nSPS) is 24.8. The molecule has 2 aromatic carbocycles. The standard InChI is InChI=1S/C25H32FN3O2/c1-28-16-20(25(30)27-22-7-3-4-8-24(22)31-2)14-23(28)19-6-5-13-29(17-19)15-18-9-11-21(26)12-10-18/h3-4,7-12,19-20,23H,5-6,13-17H2,1-2H3,(H,27,30)/t19-,20+,23-/m0/s1. The van der Waals surface area contributed by atoms with Crippen LogP contribution >= 0.6 is 0 Å². The lowest BCUT2D eigenvalue weighted by atomic mass is 9.87. The van der Waals surface area contributed by atoms with E-state index in [4.69, 9.17) is 4.74 Å². The van der Waals surface area contributed by atoms with Gasteiger partial charge in [0.15, 0.2) is 0 Å². The van der Waals surface area contributed by atoms with E-state index < -0.39 is 0 Å². The number of hydrogen-bond acceptors (Lipinski definition) is 4. The molecule has 1 N–H and O–H groups in total. The molecule has 0 spiro atoms. The SMILES string of the molecule is COc1ccccc1NC(=O)[C@@H]1C[C@@H]([C@H]2CCCN(Cc3ccc(F)cc3)C2)N(C)C1. The first-order valence-electron chi connectivity index (χ1n) is 11.1. The Kier molecular flexibility index (Phi) is 6.88. The summed E-state index contributed by atoms with van der Waals surface area (Å²) in [5.74, 6) is 1.08. The van der Waals surface area contributed by atoms with Crippen LogP contribution in [0.2, 0.25) is 0 Å². The molecule has 2 aliphatic rings. The number of carbonyl (C=O) groups excluding carboxylic acids is 1. The van der Waals surface area contributed by atoms with E-state index in [2.05, 4.69) is 22.2 Å². The molecular weight excluding hydrogens is 393 g/mol. The van der Waals surface area contributed by atoms with E-state index in [1.807, 2.05) is 36.4 Å². The van der Waals surface area contributed by atoms with Crippen molar-refractivity contribution in [2.45, 2.75) is 31.8 Å². The molecule has 31 heavy (non-hydrogen) atoms. The minimum Gasteiger partial charge on any atom is -0.495 e. The van der Waals surface area contributed by atoms with Crippen LogP contribution in [0, 0.1) is 17.7 Å². The number of benzene rings is 2. The van der Waals surface area contributed by atoms with E-state index in [1.165, 1.54) is 18.6 Å². The second-order valence-electron chi connectivity index (χ2n) is 8.89. The van der Waals surface area contributed by atoms with Crippen LogP contribution < -0.4 is 10.1 Å². The van der Waals surface area contributed by atoms with Gasteiger partial charge in [0, 0.05) is 25.7 Å². The highest BCUT2D eigenvalue weighted by Crippen LogP contribution is 2.34. The highest BCUT2D eigenvalue weighted by Gasteiger charge is 2.39. The number of methoxy groups -OCH3 is 1. The summed E-state index contributed by atoms with van der Waals surface area (Å²) in [5, 5.41) is 3.06. The molecule has 3 atom stereocenters. The van der Waals surface area contributed by atoms with Crippen LogP contribution in [0.15, 0.2) is 48.5 Å². The van der Waals surface area contributed by atoms with E-state index in [1.54, 1.807) is 7.11 Å². The van der Waals surface area contributed by atoms with Gasteiger partial charge in [-0.15, -0.1) is 0 Å². The molecule has 0 aliphatic carbocycles. The summed E-state index contributed by atoms with van der Waals surface area (Å²) >= 11 is 0. The first kappa shape index (κ1) is 21.8. The van der Waals surface area contributed by atoms with E-state index in [9.17, 15) is 9.18 Å². The molecule has 0 bridgehead atoms. The second-order valence-corrected chi connectivity index (χ2v) is 8.89. The summed E-state index contributed by atoms with van der Waals surface area (Å²) in [6.45, 7) is 3.72. The predicted octanol–water partition coefficient (Wildman–Crippen LogP) is 4.01. The van der Waals surface area contributed by atoms with Gasteiger partial charge in [-0.25, -0.2) is 4.39 Å². The Hall–Kier alpha value is -2.44. The number of nitrogens with zero attached hydrogens (tertiary/aromatic N) is 2. The molecule has 166 valence electrons. The maximum atomic E-state index is 13.2. The largest absolute Gasteiger partial charge is 0.495 e. The van der Waals surface area contributed by atoms with E-state index in [0.29, 0.717) is 17.7 Å². The molecule has 2 aromatic rings. The summed E-state index contributed by atoms with van der Waals surface area (Å²) in [6, 6.07) is 14.8. The number of para-hydroxylation sites is 2. The van der Waals surface area contributed by atoms with E-state index in [0.717, 1.165) is 50.3 Å². The maximum Gasteiger partial charge on any atom is 0.228 e. The zero-order valence-corrected chi connectivity index (χ0v) is 18.4. The van der Waals surface area contributed by atoms with Gasteiger partial charge in [-0.3, -0.25) is 9.69 Å². The molecular formula is C25H32FN3O2. The van der Waals surface area contributed by atoms with Crippen LogP contribution in [0.5, 0.6) is 5.75 Å². The average Bonchev–Trinajstić information content (AvgIpc) is 3.18. The van der Waals surface area contributed by atoms with Gasteiger partial charge in [0.05, 0.1) is 18.7 Å². The summed E-state index contributed by atoms with van der Waals surface area (Å²) in [6.07, 6.45) is 3.23. The quantitative estimate of drug-likeness (QED) is 0.760. The van der Waals surface area contributed by atoms with Crippen LogP contribution in [-0.4, -0.2) is 55.5 Å². The van der Waals surface area contributed by atoms with Gasteiger partial charge < -0.3 is 15.0 Å².